The van der Waals surface area contributed by atoms with Crippen molar-refractivity contribution in [1.82, 2.24) is 10.1 Å². The molecule has 0 saturated carbocycles. The summed E-state index contributed by atoms with van der Waals surface area (Å²) in [7, 11) is 0. The summed E-state index contributed by atoms with van der Waals surface area (Å²) in [5, 5.41) is 14.2. The minimum absolute atomic E-state index is 0.306. The average Bonchev–Trinajstić information content (AvgIpc) is 2.78. The normalized spacial score (nSPS) is 27.9. The monoisotopic (exact) mass is 260 g/mol. The minimum Gasteiger partial charge on any atom is -0.384 e. The Morgan fingerprint density at radius 3 is 2.88 bits per heavy atom. The summed E-state index contributed by atoms with van der Waals surface area (Å²) in [4.78, 5) is 4.27. The molecule has 3 atom stereocenters. The molecule has 4 nitrogen and oxygen atoms in total. The lowest BCUT2D eigenvalue weighted by Crippen LogP contribution is -2.19. The van der Waals surface area contributed by atoms with Crippen molar-refractivity contribution in [3.63, 3.8) is 0 Å². The first kappa shape index (κ1) is 12.3. The van der Waals surface area contributed by atoms with Gasteiger partial charge in [-0.3, -0.25) is 0 Å². The fourth-order valence-electron chi connectivity index (χ4n) is 1.67. The van der Waals surface area contributed by atoms with Gasteiger partial charge in [0.25, 0.3) is 5.89 Å². The molecule has 1 aromatic heterocycles. The maximum atomic E-state index is 9.35. The number of aliphatic hydroxyl groups excluding tert-OH is 1. The Kier molecular flexibility index (Phi) is 4.16. The molecule has 1 saturated heterocycles. The van der Waals surface area contributed by atoms with Crippen LogP contribution >= 0.6 is 23.5 Å². The zero-order chi connectivity index (χ0) is 11.5. The van der Waals surface area contributed by atoms with E-state index in [0.29, 0.717) is 16.4 Å². The molecule has 2 unspecified atom stereocenters. The Bertz CT molecular complexity index is 343. The maximum absolute atomic E-state index is 9.35. The van der Waals surface area contributed by atoms with Crippen LogP contribution in [0.15, 0.2) is 4.52 Å². The molecule has 0 aliphatic carbocycles. The standard InChI is InChI=1S/C10H16N2O2S2/c1-3-7-8(16-5-4-15-7)9-11-10(6(2)13)14-12-9/h6-8,13H,3-5H2,1-2H3/t6-,7?,8?/m0/s1. The summed E-state index contributed by atoms with van der Waals surface area (Å²) in [6.45, 7) is 3.82. The Morgan fingerprint density at radius 2 is 2.25 bits per heavy atom. The van der Waals surface area contributed by atoms with Gasteiger partial charge in [-0.1, -0.05) is 12.1 Å². The molecule has 1 fully saturated rings. The van der Waals surface area contributed by atoms with Gasteiger partial charge in [-0.15, -0.1) is 11.8 Å². The fraction of sp³-hybridized carbons (Fsp3) is 0.800. The van der Waals surface area contributed by atoms with Crippen molar-refractivity contribution < 1.29 is 9.63 Å². The predicted octanol–water partition coefficient (Wildman–Crippen LogP) is 2.42. The van der Waals surface area contributed by atoms with Crippen LogP contribution in [0.2, 0.25) is 0 Å². The lowest BCUT2D eigenvalue weighted by molar-refractivity contribution is 0.151. The van der Waals surface area contributed by atoms with Crippen molar-refractivity contribution >= 4 is 23.5 Å². The molecule has 0 amide bonds. The van der Waals surface area contributed by atoms with Gasteiger partial charge < -0.3 is 9.63 Å². The highest BCUT2D eigenvalue weighted by molar-refractivity contribution is 8.06. The lowest BCUT2D eigenvalue weighted by atomic mass is 10.2. The highest BCUT2D eigenvalue weighted by Gasteiger charge is 2.30. The van der Waals surface area contributed by atoms with Gasteiger partial charge in [0, 0.05) is 16.8 Å². The third-order valence-electron chi connectivity index (χ3n) is 2.52. The molecule has 0 spiro atoms. The van der Waals surface area contributed by atoms with E-state index in [1.807, 2.05) is 23.5 Å². The number of aliphatic hydroxyl groups is 1. The van der Waals surface area contributed by atoms with Crippen LogP contribution in [-0.4, -0.2) is 32.0 Å². The number of rotatable bonds is 3. The second-order valence-corrected chi connectivity index (χ2v) is 6.37. The predicted molar refractivity (Wildman–Crippen MR) is 66.7 cm³/mol. The highest BCUT2D eigenvalue weighted by Crippen LogP contribution is 2.42. The highest BCUT2D eigenvalue weighted by atomic mass is 32.2. The van der Waals surface area contributed by atoms with Crippen molar-refractivity contribution in [3.05, 3.63) is 11.7 Å². The van der Waals surface area contributed by atoms with Crippen LogP contribution in [0.1, 0.15) is 43.3 Å². The number of thioether (sulfide) groups is 2. The van der Waals surface area contributed by atoms with Gasteiger partial charge in [0.05, 0.1) is 5.25 Å². The van der Waals surface area contributed by atoms with E-state index in [2.05, 4.69) is 17.1 Å². The Morgan fingerprint density at radius 1 is 1.50 bits per heavy atom. The van der Waals surface area contributed by atoms with E-state index in [-0.39, 0.29) is 0 Å². The summed E-state index contributed by atoms with van der Waals surface area (Å²) in [6, 6.07) is 0. The quantitative estimate of drug-likeness (QED) is 0.900. The maximum Gasteiger partial charge on any atom is 0.255 e. The average molecular weight is 260 g/mol. The summed E-state index contributed by atoms with van der Waals surface area (Å²) in [6.07, 6.45) is 0.434. The number of nitrogens with zero attached hydrogens (tertiary/aromatic N) is 2. The zero-order valence-corrected chi connectivity index (χ0v) is 11.1. The molecule has 0 aromatic carbocycles. The molecule has 0 radical (unpaired) electrons. The van der Waals surface area contributed by atoms with Crippen LogP contribution in [0.4, 0.5) is 0 Å². The summed E-state index contributed by atoms with van der Waals surface area (Å²) in [5.41, 5.74) is 0. The molecule has 2 rings (SSSR count). The Labute approximate surface area is 104 Å². The topological polar surface area (TPSA) is 59.2 Å². The van der Waals surface area contributed by atoms with Gasteiger partial charge in [-0.2, -0.15) is 16.7 Å². The molecule has 1 N–H and O–H groups in total. The van der Waals surface area contributed by atoms with E-state index in [1.54, 1.807) is 6.92 Å². The first-order chi connectivity index (χ1) is 7.72. The van der Waals surface area contributed by atoms with Crippen molar-refractivity contribution in [2.24, 2.45) is 0 Å². The van der Waals surface area contributed by atoms with Crippen molar-refractivity contribution in [2.75, 3.05) is 11.5 Å². The van der Waals surface area contributed by atoms with Crippen LogP contribution in [0, 0.1) is 0 Å². The molecule has 1 aliphatic rings. The molecule has 90 valence electrons. The van der Waals surface area contributed by atoms with E-state index in [0.717, 1.165) is 18.0 Å². The van der Waals surface area contributed by atoms with E-state index in [4.69, 9.17) is 4.52 Å². The molecule has 16 heavy (non-hydrogen) atoms. The number of aromatic nitrogens is 2. The Hall–Kier alpha value is -0.200. The lowest BCUT2D eigenvalue weighted by Gasteiger charge is -2.27. The van der Waals surface area contributed by atoms with Crippen LogP contribution in [0.25, 0.3) is 0 Å². The van der Waals surface area contributed by atoms with Crippen LogP contribution in [-0.2, 0) is 0 Å². The van der Waals surface area contributed by atoms with E-state index < -0.39 is 6.10 Å². The van der Waals surface area contributed by atoms with Crippen molar-refractivity contribution in [1.29, 1.82) is 0 Å². The van der Waals surface area contributed by atoms with Gasteiger partial charge in [0.15, 0.2) is 5.82 Å². The van der Waals surface area contributed by atoms with Gasteiger partial charge in [0.2, 0.25) is 0 Å². The van der Waals surface area contributed by atoms with E-state index in [9.17, 15) is 5.11 Å². The van der Waals surface area contributed by atoms with Crippen LogP contribution in [0.5, 0.6) is 0 Å². The van der Waals surface area contributed by atoms with Gasteiger partial charge in [-0.05, 0) is 13.3 Å². The van der Waals surface area contributed by atoms with Crippen molar-refractivity contribution in [3.8, 4) is 0 Å². The van der Waals surface area contributed by atoms with E-state index >= 15 is 0 Å². The van der Waals surface area contributed by atoms with Crippen LogP contribution in [0.3, 0.4) is 0 Å². The number of hydrogen-bond donors (Lipinski definition) is 1. The fourth-order valence-corrected chi connectivity index (χ4v) is 4.66. The van der Waals surface area contributed by atoms with Crippen LogP contribution < -0.4 is 0 Å². The molecular formula is C10H16N2O2S2. The molecular weight excluding hydrogens is 244 g/mol. The molecule has 6 heteroatoms. The van der Waals surface area contributed by atoms with E-state index in [1.165, 1.54) is 5.75 Å². The second-order valence-electron chi connectivity index (χ2n) is 3.78. The molecule has 2 heterocycles. The first-order valence-corrected chi connectivity index (χ1v) is 7.57. The Balaban J connectivity index is 2.14. The van der Waals surface area contributed by atoms with Gasteiger partial charge in [0.1, 0.15) is 6.10 Å². The third kappa shape index (κ3) is 2.55. The SMILES string of the molecule is CCC1SCCSC1c1noc([C@H](C)O)n1. The van der Waals surface area contributed by atoms with Crippen molar-refractivity contribution in [2.45, 2.75) is 36.9 Å². The first-order valence-electron chi connectivity index (χ1n) is 5.47. The smallest absolute Gasteiger partial charge is 0.255 e. The molecule has 1 aromatic rings. The van der Waals surface area contributed by atoms with Gasteiger partial charge in [-0.25, -0.2) is 0 Å². The zero-order valence-electron chi connectivity index (χ0n) is 9.42. The largest absolute Gasteiger partial charge is 0.384 e. The number of hydrogen-bond acceptors (Lipinski definition) is 6. The molecule has 0 bridgehead atoms. The third-order valence-corrected chi connectivity index (χ3v) is 5.76. The second kappa shape index (κ2) is 5.42. The summed E-state index contributed by atoms with van der Waals surface area (Å²) in [5.74, 6) is 3.38. The summed E-state index contributed by atoms with van der Waals surface area (Å²) < 4.78 is 5.04. The summed E-state index contributed by atoms with van der Waals surface area (Å²) >= 11 is 3.87. The molecule has 1 aliphatic heterocycles. The van der Waals surface area contributed by atoms with Gasteiger partial charge >= 0.3 is 0 Å². The minimum atomic E-state index is -0.678.